The maximum Gasteiger partial charge on any atom is 0.328 e. The van der Waals surface area contributed by atoms with Crippen molar-refractivity contribution in [3.63, 3.8) is 0 Å². The molecule has 312 valence electrons. The Morgan fingerprint density at radius 2 is 0.983 bits per heavy atom. The van der Waals surface area contributed by atoms with Gasteiger partial charge in [-0.15, -0.1) is 0 Å². The second-order valence-corrected chi connectivity index (χ2v) is 14.4. The first kappa shape index (κ1) is 50.1. The van der Waals surface area contributed by atoms with Gasteiger partial charge < -0.3 is 31.3 Å². The predicted octanol–water partition coefficient (Wildman–Crippen LogP) is 5.74. The van der Waals surface area contributed by atoms with E-state index in [-0.39, 0.29) is 36.7 Å². The standard InChI is InChI=1S/C27H33N5O7S.2C7H8.C4H10/c1-28-22(33)14-29-23(34)15-30-25(36)19-10-6-4-8-17(19)18-9-5-7-11-20(18)26(37)31-16-24(35)32-21(12-13-40-3)27(38)39-2;2*1-7-5-3-2-4-6-7;1-4(2)3/h4-11,21H,12-16H2,1-3H3,(H,28,33)(H,29,34)(H,30,36)(H,31,37)(H,32,35);2*2-6H,1H3;4H,1-3H3. The van der Waals surface area contributed by atoms with Crippen LogP contribution in [-0.2, 0) is 23.9 Å². The van der Waals surface area contributed by atoms with Crippen molar-refractivity contribution in [3.05, 3.63) is 131 Å². The summed E-state index contributed by atoms with van der Waals surface area (Å²) in [5, 5.41) is 12.4. The Bertz CT molecular complexity index is 1820. The van der Waals surface area contributed by atoms with Crippen molar-refractivity contribution in [2.45, 2.75) is 47.1 Å². The van der Waals surface area contributed by atoms with E-state index in [0.29, 0.717) is 23.3 Å². The molecule has 0 heterocycles. The number of carbonyl (C=O) groups excluding carboxylic acids is 6. The molecule has 1 unspecified atom stereocenters. The number of benzene rings is 4. The minimum absolute atomic E-state index is 0.214. The number of rotatable bonds is 14. The number of aryl methyl sites for hydroxylation is 2. The van der Waals surface area contributed by atoms with Crippen LogP contribution in [0.5, 0.6) is 0 Å². The molecule has 0 spiro atoms. The molecule has 5 amide bonds. The Hall–Kier alpha value is -5.95. The number of likely N-dealkylation sites (N-methyl/N-ethyl adjacent to an activating group) is 1. The lowest BCUT2D eigenvalue weighted by atomic mass is 9.94. The number of amides is 5. The lowest BCUT2D eigenvalue weighted by Gasteiger charge is -2.17. The summed E-state index contributed by atoms with van der Waals surface area (Å²) in [6.07, 6.45) is 2.26. The van der Waals surface area contributed by atoms with Crippen LogP contribution in [0, 0.1) is 19.8 Å². The quantitative estimate of drug-likeness (QED) is 0.100. The van der Waals surface area contributed by atoms with Crippen molar-refractivity contribution in [3.8, 4) is 11.1 Å². The highest BCUT2D eigenvalue weighted by Gasteiger charge is 2.22. The monoisotopic (exact) mass is 813 g/mol. The molecule has 4 aromatic carbocycles. The van der Waals surface area contributed by atoms with Crippen LogP contribution in [0.3, 0.4) is 0 Å². The normalized spacial score (nSPS) is 10.3. The topological polar surface area (TPSA) is 172 Å². The number of thioether (sulfide) groups is 1. The molecule has 0 fully saturated rings. The Balaban J connectivity index is 0.000000756. The first-order valence-corrected chi connectivity index (χ1v) is 20.2. The van der Waals surface area contributed by atoms with Crippen LogP contribution in [0.1, 0.15) is 59.0 Å². The Kier molecular flexibility index (Phi) is 25.3. The maximum absolute atomic E-state index is 13.1. The third-order valence-electron chi connectivity index (χ3n) is 7.49. The fourth-order valence-electron chi connectivity index (χ4n) is 4.61. The lowest BCUT2D eigenvalue weighted by molar-refractivity contribution is -0.145. The van der Waals surface area contributed by atoms with Crippen molar-refractivity contribution in [1.82, 2.24) is 26.6 Å². The molecule has 58 heavy (non-hydrogen) atoms. The van der Waals surface area contributed by atoms with E-state index >= 15 is 0 Å². The van der Waals surface area contributed by atoms with E-state index in [0.717, 1.165) is 5.92 Å². The molecular weight excluding hydrogens is 755 g/mol. The zero-order chi connectivity index (χ0) is 43.3. The molecule has 5 N–H and O–H groups in total. The number of methoxy groups -OCH3 is 1. The molecule has 12 nitrogen and oxygen atoms in total. The Morgan fingerprint density at radius 3 is 1.36 bits per heavy atom. The highest BCUT2D eigenvalue weighted by atomic mass is 32.2. The summed E-state index contributed by atoms with van der Waals surface area (Å²) in [7, 11) is 2.67. The molecule has 0 saturated carbocycles. The maximum atomic E-state index is 13.1. The van der Waals surface area contributed by atoms with Gasteiger partial charge in [0.25, 0.3) is 11.8 Å². The van der Waals surface area contributed by atoms with Gasteiger partial charge in [0.05, 0.1) is 26.7 Å². The van der Waals surface area contributed by atoms with Gasteiger partial charge >= 0.3 is 5.97 Å². The number of hydrogen-bond donors (Lipinski definition) is 5. The molecule has 4 aromatic rings. The van der Waals surface area contributed by atoms with Gasteiger partial charge in [0.15, 0.2) is 0 Å². The summed E-state index contributed by atoms with van der Waals surface area (Å²) in [5.41, 5.74) is 3.94. The lowest BCUT2D eigenvalue weighted by Crippen LogP contribution is -2.46. The molecule has 0 bridgehead atoms. The molecule has 4 rings (SSSR count). The van der Waals surface area contributed by atoms with Gasteiger partial charge in [-0.05, 0) is 61.5 Å². The number of nitrogens with one attached hydrogen (secondary N) is 5. The molecule has 0 saturated heterocycles. The first-order chi connectivity index (χ1) is 27.7. The molecule has 0 aromatic heterocycles. The molecule has 0 aliphatic rings. The Labute approximate surface area is 347 Å². The largest absolute Gasteiger partial charge is 0.467 e. The third-order valence-corrected chi connectivity index (χ3v) is 8.13. The summed E-state index contributed by atoms with van der Waals surface area (Å²) in [4.78, 5) is 73.7. The van der Waals surface area contributed by atoms with Crippen molar-refractivity contribution in [2.24, 2.45) is 5.92 Å². The number of hydrogen-bond acceptors (Lipinski definition) is 8. The van der Waals surface area contributed by atoms with Gasteiger partial charge in [0.1, 0.15) is 6.04 Å². The predicted molar refractivity (Wildman–Crippen MR) is 233 cm³/mol. The SMILES string of the molecule is CC(C)C.CNC(=O)CNC(=O)CNC(=O)c1ccccc1-c1ccccc1C(=O)NCC(=O)NC(CCSC)C(=O)OC.Cc1ccccc1.Cc1ccccc1. The van der Waals surface area contributed by atoms with Crippen LogP contribution in [0.2, 0.25) is 0 Å². The van der Waals surface area contributed by atoms with Crippen LogP contribution in [0.4, 0.5) is 0 Å². The average Bonchev–Trinajstić information content (AvgIpc) is 3.23. The fourth-order valence-corrected chi connectivity index (χ4v) is 5.09. The molecule has 13 heteroatoms. The van der Waals surface area contributed by atoms with E-state index in [2.05, 4.69) is 85.5 Å². The first-order valence-electron chi connectivity index (χ1n) is 18.8. The van der Waals surface area contributed by atoms with Gasteiger partial charge in [0, 0.05) is 18.2 Å². The zero-order valence-electron chi connectivity index (χ0n) is 34.8. The van der Waals surface area contributed by atoms with Gasteiger partial charge in [-0.3, -0.25) is 24.0 Å². The summed E-state index contributed by atoms with van der Waals surface area (Å²) in [6, 6.07) is 32.8. The van der Waals surface area contributed by atoms with E-state index in [1.165, 1.54) is 37.0 Å². The van der Waals surface area contributed by atoms with Gasteiger partial charge in [-0.25, -0.2) is 4.79 Å². The van der Waals surface area contributed by atoms with Gasteiger partial charge in [-0.1, -0.05) is 129 Å². The van der Waals surface area contributed by atoms with Crippen molar-refractivity contribution in [1.29, 1.82) is 0 Å². The second kappa shape index (κ2) is 29.3. The zero-order valence-corrected chi connectivity index (χ0v) is 35.7. The van der Waals surface area contributed by atoms with Crippen LogP contribution < -0.4 is 26.6 Å². The van der Waals surface area contributed by atoms with Crippen LogP contribution >= 0.6 is 11.8 Å². The molecule has 0 aliphatic heterocycles. The third kappa shape index (κ3) is 21.4. The summed E-state index contributed by atoms with van der Waals surface area (Å²) < 4.78 is 4.74. The van der Waals surface area contributed by atoms with E-state index < -0.39 is 35.6 Å². The number of ether oxygens (including phenoxy) is 1. The van der Waals surface area contributed by atoms with E-state index in [4.69, 9.17) is 4.74 Å². The van der Waals surface area contributed by atoms with Crippen molar-refractivity contribution < 1.29 is 33.5 Å². The molecule has 1 atom stereocenters. The fraction of sp³-hybridized carbons (Fsp3) is 0.333. The average molecular weight is 814 g/mol. The van der Waals surface area contributed by atoms with Gasteiger partial charge in [-0.2, -0.15) is 11.8 Å². The minimum Gasteiger partial charge on any atom is -0.467 e. The summed E-state index contributed by atoms with van der Waals surface area (Å²) in [5.74, 6) is -1.71. The number of esters is 1. The highest BCUT2D eigenvalue weighted by Crippen LogP contribution is 2.27. The van der Waals surface area contributed by atoms with Crippen molar-refractivity contribution in [2.75, 3.05) is 45.8 Å². The van der Waals surface area contributed by atoms with Gasteiger partial charge in [0.2, 0.25) is 17.7 Å². The minimum atomic E-state index is -0.828. The molecule has 0 radical (unpaired) electrons. The molecular formula is C45H59N5O7S. The van der Waals surface area contributed by atoms with E-state index in [1.807, 2.05) is 42.7 Å². The van der Waals surface area contributed by atoms with Crippen molar-refractivity contribution >= 4 is 47.3 Å². The Morgan fingerprint density at radius 1 is 0.586 bits per heavy atom. The molecule has 0 aliphatic carbocycles. The van der Waals surface area contributed by atoms with E-state index in [1.54, 1.807) is 48.5 Å². The summed E-state index contributed by atoms with van der Waals surface area (Å²) >= 11 is 1.52. The smallest absolute Gasteiger partial charge is 0.328 e. The highest BCUT2D eigenvalue weighted by molar-refractivity contribution is 7.98. The van der Waals surface area contributed by atoms with Crippen LogP contribution in [-0.4, -0.2) is 87.3 Å². The van der Waals surface area contributed by atoms with E-state index in [9.17, 15) is 28.8 Å². The van der Waals surface area contributed by atoms with Crippen LogP contribution in [0.25, 0.3) is 11.1 Å². The second-order valence-electron chi connectivity index (χ2n) is 13.4. The summed E-state index contributed by atoms with van der Waals surface area (Å²) in [6.45, 7) is 9.71. The number of carbonyl (C=O) groups is 6. The van der Waals surface area contributed by atoms with Crippen LogP contribution in [0.15, 0.2) is 109 Å².